The Morgan fingerprint density at radius 3 is 2.11 bits per heavy atom. The van der Waals surface area contributed by atoms with Crippen LogP contribution < -0.4 is 0 Å². The van der Waals surface area contributed by atoms with Crippen molar-refractivity contribution in [2.45, 2.75) is 0 Å². The van der Waals surface area contributed by atoms with Crippen LogP contribution in [0.15, 0.2) is 61.2 Å². The van der Waals surface area contributed by atoms with Gasteiger partial charge in [-0.25, -0.2) is 4.79 Å². The van der Waals surface area contributed by atoms with Crippen molar-refractivity contribution in [3.63, 3.8) is 0 Å². The van der Waals surface area contributed by atoms with Gasteiger partial charge < -0.3 is 4.74 Å². The summed E-state index contributed by atoms with van der Waals surface area (Å²) < 4.78 is 4.58. The Morgan fingerprint density at radius 1 is 1.11 bits per heavy atom. The van der Waals surface area contributed by atoms with Gasteiger partial charge in [0.1, 0.15) is 0 Å². The Labute approximate surface area is 106 Å². The lowest BCUT2D eigenvalue weighted by molar-refractivity contribution is 0.0600. The van der Waals surface area contributed by atoms with E-state index in [1.54, 1.807) is 30.3 Å². The lowest BCUT2D eigenvalue weighted by Gasteiger charge is -2.03. The van der Waals surface area contributed by atoms with Crippen molar-refractivity contribution in [3.05, 3.63) is 72.4 Å². The average Bonchev–Trinajstić information content (AvgIpc) is 2.43. The van der Waals surface area contributed by atoms with Crippen LogP contribution in [0.1, 0.15) is 20.7 Å². The Morgan fingerprint density at radius 2 is 1.67 bits per heavy atom. The molecule has 1 aromatic carbocycles. The highest BCUT2D eigenvalue weighted by atomic mass is 16.5. The number of carbonyl (C=O) groups excluding carboxylic acids is 2. The summed E-state index contributed by atoms with van der Waals surface area (Å²) in [6.45, 7) is 7.11. The number of hydrogen-bond acceptors (Lipinski definition) is 3. The fraction of sp³-hybridized carbons (Fsp3) is 0.0667. The molecular formula is C15H14O3. The van der Waals surface area contributed by atoms with E-state index in [-0.39, 0.29) is 5.78 Å². The van der Waals surface area contributed by atoms with Gasteiger partial charge in [-0.2, -0.15) is 0 Å². The van der Waals surface area contributed by atoms with E-state index in [0.29, 0.717) is 16.7 Å². The molecule has 0 heterocycles. The zero-order chi connectivity index (χ0) is 13.5. The molecule has 0 saturated heterocycles. The molecule has 0 fully saturated rings. The number of ether oxygens (including phenoxy) is 1. The second kappa shape index (κ2) is 6.35. The monoisotopic (exact) mass is 242 g/mol. The van der Waals surface area contributed by atoms with Crippen molar-refractivity contribution < 1.29 is 14.3 Å². The van der Waals surface area contributed by atoms with Crippen LogP contribution >= 0.6 is 0 Å². The molecule has 1 aromatic rings. The van der Waals surface area contributed by atoms with Gasteiger partial charge in [0.05, 0.1) is 12.7 Å². The minimum atomic E-state index is -0.431. The Hall–Kier alpha value is -2.42. The molecule has 3 nitrogen and oxygen atoms in total. The number of carbonyl (C=O) groups is 2. The number of Topliss-reactive ketones (excluding diaryl/α,β-unsaturated/α-hetero) is 1. The van der Waals surface area contributed by atoms with E-state index in [0.717, 1.165) is 0 Å². The molecule has 0 unspecified atom stereocenters. The predicted molar refractivity (Wildman–Crippen MR) is 70.6 cm³/mol. The van der Waals surface area contributed by atoms with E-state index in [2.05, 4.69) is 17.9 Å². The number of methoxy groups -OCH3 is 1. The second-order valence-electron chi connectivity index (χ2n) is 3.46. The van der Waals surface area contributed by atoms with Crippen molar-refractivity contribution in [1.82, 2.24) is 0 Å². The summed E-state index contributed by atoms with van der Waals surface area (Å²) in [4.78, 5) is 23.3. The highest BCUT2D eigenvalue weighted by Crippen LogP contribution is 2.11. The molecule has 0 N–H and O–H groups in total. The van der Waals surface area contributed by atoms with E-state index in [1.807, 2.05) is 0 Å². The molecule has 0 aliphatic heterocycles. The third-order valence-corrected chi connectivity index (χ3v) is 2.35. The van der Waals surface area contributed by atoms with Crippen LogP contribution in [0, 0.1) is 0 Å². The molecule has 0 atom stereocenters. The summed E-state index contributed by atoms with van der Waals surface area (Å²) in [6, 6.07) is 6.26. The maximum absolute atomic E-state index is 12.0. The fourth-order valence-corrected chi connectivity index (χ4v) is 1.41. The van der Waals surface area contributed by atoms with Crippen LogP contribution in [0.25, 0.3) is 0 Å². The van der Waals surface area contributed by atoms with E-state index < -0.39 is 5.97 Å². The highest BCUT2D eigenvalue weighted by Gasteiger charge is 2.10. The number of ketones is 1. The second-order valence-corrected chi connectivity index (χ2v) is 3.46. The zero-order valence-corrected chi connectivity index (χ0v) is 10.2. The Bertz CT molecular complexity index is 507. The first-order chi connectivity index (χ1) is 8.63. The number of esters is 1. The third kappa shape index (κ3) is 3.04. The normalized spacial score (nSPS) is 10.6. The topological polar surface area (TPSA) is 43.4 Å². The van der Waals surface area contributed by atoms with Gasteiger partial charge in [-0.05, 0) is 12.1 Å². The first-order valence-electron chi connectivity index (χ1n) is 5.32. The van der Waals surface area contributed by atoms with Crippen LogP contribution in [0.3, 0.4) is 0 Å². The molecule has 0 radical (unpaired) electrons. The largest absolute Gasteiger partial charge is 0.465 e. The molecule has 3 heteroatoms. The van der Waals surface area contributed by atoms with Crippen molar-refractivity contribution in [3.8, 4) is 0 Å². The number of benzene rings is 1. The maximum atomic E-state index is 12.0. The Kier molecular flexibility index (Phi) is 4.81. The first kappa shape index (κ1) is 13.6. The zero-order valence-electron chi connectivity index (χ0n) is 10.2. The van der Waals surface area contributed by atoms with Gasteiger partial charge in [0, 0.05) is 11.1 Å². The molecule has 18 heavy (non-hydrogen) atoms. The maximum Gasteiger partial charge on any atom is 0.337 e. The van der Waals surface area contributed by atoms with Crippen LogP contribution in [-0.4, -0.2) is 18.9 Å². The van der Waals surface area contributed by atoms with Gasteiger partial charge in [0.2, 0.25) is 0 Å². The molecule has 0 aromatic heterocycles. The summed E-state index contributed by atoms with van der Waals surface area (Å²) in [5.41, 5.74) is 1.34. The number of allylic oxidation sites excluding steroid dienone is 4. The van der Waals surface area contributed by atoms with Gasteiger partial charge in [-0.15, -0.1) is 0 Å². The van der Waals surface area contributed by atoms with Gasteiger partial charge in [-0.3, -0.25) is 4.79 Å². The van der Waals surface area contributed by atoms with E-state index in [4.69, 9.17) is 0 Å². The van der Waals surface area contributed by atoms with Gasteiger partial charge in [0.25, 0.3) is 0 Å². The van der Waals surface area contributed by atoms with Crippen LogP contribution in [0.5, 0.6) is 0 Å². The summed E-state index contributed by atoms with van der Waals surface area (Å²) in [5.74, 6) is -0.596. The third-order valence-electron chi connectivity index (χ3n) is 2.35. The predicted octanol–water partition coefficient (Wildman–Crippen LogP) is 2.95. The van der Waals surface area contributed by atoms with Crippen LogP contribution in [0.4, 0.5) is 0 Å². The van der Waals surface area contributed by atoms with Crippen molar-refractivity contribution in [2.24, 2.45) is 0 Å². The molecule has 0 bridgehead atoms. The molecule has 92 valence electrons. The van der Waals surface area contributed by atoms with Gasteiger partial charge >= 0.3 is 5.97 Å². The highest BCUT2D eigenvalue weighted by molar-refractivity contribution is 6.10. The summed E-state index contributed by atoms with van der Waals surface area (Å²) in [6.07, 6.45) is 4.58. The molecule has 0 aliphatic carbocycles. The van der Waals surface area contributed by atoms with E-state index in [9.17, 15) is 9.59 Å². The quantitative estimate of drug-likeness (QED) is 0.345. The average molecular weight is 242 g/mol. The number of rotatable bonds is 5. The molecule has 0 amide bonds. The Balaban J connectivity index is 3.02. The van der Waals surface area contributed by atoms with Crippen LogP contribution in [-0.2, 0) is 4.74 Å². The van der Waals surface area contributed by atoms with E-state index in [1.165, 1.54) is 19.3 Å². The molecule has 0 aliphatic rings. The van der Waals surface area contributed by atoms with Gasteiger partial charge in [-0.1, -0.05) is 43.5 Å². The summed E-state index contributed by atoms with van der Waals surface area (Å²) in [5, 5.41) is 0. The smallest absolute Gasteiger partial charge is 0.337 e. The first-order valence-corrected chi connectivity index (χ1v) is 5.32. The van der Waals surface area contributed by atoms with Crippen molar-refractivity contribution in [2.75, 3.05) is 7.11 Å². The van der Waals surface area contributed by atoms with Gasteiger partial charge in [0.15, 0.2) is 5.78 Å². The lowest BCUT2D eigenvalue weighted by Crippen LogP contribution is -2.04. The molecule has 0 saturated carbocycles. The van der Waals surface area contributed by atoms with Crippen LogP contribution in [0.2, 0.25) is 0 Å². The van der Waals surface area contributed by atoms with Crippen molar-refractivity contribution in [1.29, 1.82) is 0 Å². The minimum Gasteiger partial charge on any atom is -0.465 e. The van der Waals surface area contributed by atoms with E-state index >= 15 is 0 Å². The van der Waals surface area contributed by atoms with Crippen molar-refractivity contribution >= 4 is 11.8 Å². The fourth-order valence-electron chi connectivity index (χ4n) is 1.41. The molecule has 0 spiro atoms. The molecular weight excluding hydrogens is 228 g/mol. The standard InChI is InChI=1S/C15H14O3/c1-4-6-11(5-2)14(16)12-7-9-13(10-8-12)15(17)18-3/h4-10H,1-2H2,3H3/b11-6+. The lowest BCUT2D eigenvalue weighted by atomic mass is 10.0. The number of hydrogen-bond donors (Lipinski definition) is 0. The SMILES string of the molecule is C=C/C=C(\C=C)C(=O)c1ccc(C(=O)OC)cc1. The summed E-state index contributed by atoms with van der Waals surface area (Å²) in [7, 11) is 1.31. The summed E-state index contributed by atoms with van der Waals surface area (Å²) >= 11 is 0. The minimum absolute atomic E-state index is 0.165. The molecule has 1 rings (SSSR count).